The number of anilines is 1. The van der Waals surface area contributed by atoms with Gasteiger partial charge in [-0.1, -0.05) is 12.1 Å². The third kappa shape index (κ3) is 3.72. The van der Waals surface area contributed by atoms with Crippen molar-refractivity contribution >= 4 is 11.7 Å². The highest BCUT2D eigenvalue weighted by Gasteiger charge is 2.31. The first-order chi connectivity index (χ1) is 13.1. The van der Waals surface area contributed by atoms with Gasteiger partial charge < -0.3 is 19.9 Å². The quantitative estimate of drug-likeness (QED) is 0.898. The molecule has 2 aromatic rings. The Balaban J connectivity index is 1.32. The molecule has 7 heteroatoms. The van der Waals surface area contributed by atoms with Crippen molar-refractivity contribution in [3.05, 3.63) is 42.2 Å². The molecule has 7 nitrogen and oxygen atoms in total. The van der Waals surface area contributed by atoms with Gasteiger partial charge in [0.05, 0.1) is 19.0 Å². The zero-order valence-electron chi connectivity index (χ0n) is 16.0. The van der Waals surface area contributed by atoms with Crippen LogP contribution >= 0.6 is 0 Å². The van der Waals surface area contributed by atoms with Crippen molar-refractivity contribution < 1.29 is 9.53 Å². The van der Waals surface area contributed by atoms with E-state index in [2.05, 4.69) is 21.4 Å². The fourth-order valence-electron chi connectivity index (χ4n) is 4.12. The van der Waals surface area contributed by atoms with Gasteiger partial charge in [0, 0.05) is 51.4 Å². The molecule has 2 unspecified atom stereocenters. The van der Waals surface area contributed by atoms with Crippen LogP contribution in [0, 0.1) is 0 Å². The van der Waals surface area contributed by atoms with Crippen LogP contribution in [0.15, 0.2) is 36.7 Å². The molecule has 0 aliphatic carbocycles. The number of likely N-dealkylation sites (tertiary alicyclic amines) is 1. The number of rotatable bonds is 4. The van der Waals surface area contributed by atoms with E-state index in [4.69, 9.17) is 4.74 Å². The van der Waals surface area contributed by atoms with Gasteiger partial charge in [-0.3, -0.25) is 4.68 Å². The van der Waals surface area contributed by atoms with Crippen LogP contribution < -0.4 is 15.0 Å². The van der Waals surface area contributed by atoms with Gasteiger partial charge in [-0.15, -0.1) is 0 Å². The van der Waals surface area contributed by atoms with Gasteiger partial charge in [-0.05, 0) is 30.5 Å². The molecule has 3 heterocycles. The summed E-state index contributed by atoms with van der Waals surface area (Å²) in [7, 11) is 3.62. The maximum atomic E-state index is 12.7. The van der Waals surface area contributed by atoms with E-state index < -0.39 is 0 Å². The fourth-order valence-corrected chi connectivity index (χ4v) is 4.12. The first-order valence-electron chi connectivity index (χ1n) is 9.56. The second-order valence-electron chi connectivity index (χ2n) is 7.43. The van der Waals surface area contributed by atoms with Crippen molar-refractivity contribution in [3.8, 4) is 5.75 Å². The molecule has 2 amide bonds. The predicted molar refractivity (Wildman–Crippen MR) is 104 cm³/mol. The molecule has 2 aliphatic rings. The molecule has 27 heavy (non-hydrogen) atoms. The number of carbonyl (C=O) groups excluding carboxylic acids is 1. The van der Waals surface area contributed by atoms with E-state index in [0.29, 0.717) is 5.92 Å². The van der Waals surface area contributed by atoms with Crippen LogP contribution in [-0.4, -0.2) is 60.0 Å². The maximum absolute atomic E-state index is 12.7. The summed E-state index contributed by atoms with van der Waals surface area (Å²) in [5.74, 6) is 1.27. The number of nitrogens with one attached hydrogen (secondary N) is 1. The number of benzene rings is 1. The van der Waals surface area contributed by atoms with Crippen LogP contribution in [0.25, 0.3) is 0 Å². The number of aryl methyl sites for hydroxylation is 1. The average molecular weight is 369 g/mol. The highest BCUT2D eigenvalue weighted by molar-refractivity contribution is 5.75. The Morgan fingerprint density at radius 2 is 2.07 bits per heavy atom. The average Bonchev–Trinajstić information content (AvgIpc) is 3.42. The van der Waals surface area contributed by atoms with E-state index in [-0.39, 0.29) is 12.1 Å². The largest absolute Gasteiger partial charge is 0.495 e. The molecule has 2 aliphatic heterocycles. The zero-order valence-corrected chi connectivity index (χ0v) is 16.0. The summed E-state index contributed by atoms with van der Waals surface area (Å²) in [5, 5.41) is 7.47. The van der Waals surface area contributed by atoms with Crippen molar-refractivity contribution in [2.24, 2.45) is 7.05 Å². The third-order valence-corrected chi connectivity index (χ3v) is 5.61. The molecule has 1 aromatic carbocycles. The maximum Gasteiger partial charge on any atom is 0.317 e. The van der Waals surface area contributed by atoms with E-state index in [1.807, 2.05) is 47.2 Å². The molecule has 4 rings (SSSR count). The van der Waals surface area contributed by atoms with Gasteiger partial charge in [0.2, 0.25) is 0 Å². The van der Waals surface area contributed by atoms with Crippen molar-refractivity contribution in [2.45, 2.75) is 24.8 Å². The van der Waals surface area contributed by atoms with Crippen LogP contribution in [-0.2, 0) is 7.05 Å². The minimum atomic E-state index is 0.0493. The topological polar surface area (TPSA) is 62.6 Å². The number of nitrogens with zero attached hydrogens (tertiary/aromatic N) is 4. The number of hydrogen-bond acceptors (Lipinski definition) is 4. The first-order valence-corrected chi connectivity index (χ1v) is 9.56. The SMILES string of the molecule is COc1ccccc1N1CCC(NC(=O)N2CCC(c3cnn(C)c3)C2)C1. The van der Waals surface area contributed by atoms with E-state index >= 15 is 0 Å². The van der Waals surface area contributed by atoms with Gasteiger partial charge >= 0.3 is 6.03 Å². The van der Waals surface area contributed by atoms with E-state index in [1.54, 1.807) is 7.11 Å². The monoisotopic (exact) mass is 369 g/mol. The normalized spacial score (nSPS) is 22.3. The number of methoxy groups -OCH3 is 1. The van der Waals surface area contributed by atoms with Crippen LogP contribution in [0.4, 0.5) is 10.5 Å². The Labute approximate surface area is 159 Å². The molecule has 0 radical (unpaired) electrons. The standard InChI is InChI=1S/C20H27N5O2/c1-23-12-16(11-21-23)15-7-9-25(13-15)20(26)22-17-8-10-24(14-17)18-5-3-4-6-19(18)27-2/h3-6,11-12,15,17H,7-10,13-14H2,1-2H3,(H,22,26). The van der Waals surface area contributed by atoms with Crippen LogP contribution in [0.5, 0.6) is 5.75 Å². The lowest BCUT2D eigenvalue weighted by Crippen LogP contribution is -2.44. The molecule has 0 spiro atoms. The van der Waals surface area contributed by atoms with Crippen LogP contribution in [0.3, 0.4) is 0 Å². The minimum Gasteiger partial charge on any atom is -0.495 e. The summed E-state index contributed by atoms with van der Waals surface area (Å²) < 4.78 is 7.29. The summed E-state index contributed by atoms with van der Waals surface area (Å²) in [5.41, 5.74) is 2.31. The molecule has 0 bridgehead atoms. The van der Waals surface area contributed by atoms with Crippen molar-refractivity contribution in [1.29, 1.82) is 0 Å². The van der Waals surface area contributed by atoms with Crippen LogP contribution in [0.2, 0.25) is 0 Å². The highest BCUT2D eigenvalue weighted by atomic mass is 16.5. The Morgan fingerprint density at radius 1 is 1.22 bits per heavy atom. The molecule has 2 fully saturated rings. The van der Waals surface area contributed by atoms with Crippen molar-refractivity contribution in [3.63, 3.8) is 0 Å². The van der Waals surface area contributed by atoms with Crippen molar-refractivity contribution in [2.75, 3.05) is 38.2 Å². The number of urea groups is 1. The van der Waals surface area contributed by atoms with E-state index in [0.717, 1.165) is 50.5 Å². The molecule has 2 atom stereocenters. The molecular formula is C20H27N5O2. The minimum absolute atomic E-state index is 0.0493. The van der Waals surface area contributed by atoms with Crippen LogP contribution in [0.1, 0.15) is 24.3 Å². The number of hydrogen-bond donors (Lipinski definition) is 1. The smallest absolute Gasteiger partial charge is 0.317 e. The molecule has 144 valence electrons. The number of para-hydroxylation sites is 2. The Bertz CT molecular complexity index is 805. The second-order valence-corrected chi connectivity index (χ2v) is 7.43. The Kier molecular flexibility index (Phi) is 4.92. The first kappa shape index (κ1) is 17.7. The third-order valence-electron chi connectivity index (χ3n) is 5.61. The summed E-state index contributed by atoms with van der Waals surface area (Å²) in [6.07, 6.45) is 5.91. The summed E-state index contributed by atoms with van der Waals surface area (Å²) in [6, 6.07) is 8.26. The van der Waals surface area contributed by atoms with Gasteiger partial charge in [0.1, 0.15) is 5.75 Å². The van der Waals surface area contributed by atoms with E-state index in [1.165, 1.54) is 5.56 Å². The fraction of sp³-hybridized carbons (Fsp3) is 0.500. The Morgan fingerprint density at radius 3 is 2.85 bits per heavy atom. The number of ether oxygens (including phenoxy) is 1. The summed E-state index contributed by atoms with van der Waals surface area (Å²) >= 11 is 0. The number of aromatic nitrogens is 2. The zero-order chi connectivity index (χ0) is 18.8. The predicted octanol–water partition coefficient (Wildman–Crippen LogP) is 2.21. The molecule has 1 N–H and O–H groups in total. The molecule has 2 saturated heterocycles. The molecule has 0 saturated carbocycles. The number of carbonyl (C=O) groups is 1. The Hall–Kier alpha value is -2.70. The molecular weight excluding hydrogens is 342 g/mol. The summed E-state index contributed by atoms with van der Waals surface area (Å²) in [4.78, 5) is 16.9. The van der Waals surface area contributed by atoms with Gasteiger partial charge in [0.25, 0.3) is 0 Å². The second kappa shape index (κ2) is 7.50. The lowest BCUT2D eigenvalue weighted by molar-refractivity contribution is 0.205. The molecule has 1 aromatic heterocycles. The van der Waals surface area contributed by atoms with Gasteiger partial charge in [0.15, 0.2) is 0 Å². The van der Waals surface area contributed by atoms with Gasteiger partial charge in [-0.2, -0.15) is 5.10 Å². The highest BCUT2D eigenvalue weighted by Crippen LogP contribution is 2.31. The summed E-state index contributed by atoms with van der Waals surface area (Å²) in [6.45, 7) is 3.30. The van der Waals surface area contributed by atoms with E-state index in [9.17, 15) is 4.79 Å². The van der Waals surface area contributed by atoms with Crippen molar-refractivity contribution in [1.82, 2.24) is 20.0 Å². The lowest BCUT2D eigenvalue weighted by atomic mass is 10.0. The lowest BCUT2D eigenvalue weighted by Gasteiger charge is -2.23. The number of amides is 2. The van der Waals surface area contributed by atoms with Gasteiger partial charge in [-0.25, -0.2) is 4.79 Å².